The topological polar surface area (TPSA) is 18.5 Å². The lowest BCUT2D eigenvalue weighted by molar-refractivity contribution is -0.229. The van der Waals surface area contributed by atoms with Crippen LogP contribution in [-0.4, -0.2) is 13.2 Å². The van der Waals surface area contributed by atoms with E-state index in [0.29, 0.717) is 13.2 Å². The molecule has 1 rings (SSSR count). The Kier molecular flexibility index (Phi) is 4.94. The van der Waals surface area contributed by atoms with Gasteiger partial charge in [0.2, 0.25) is 0 Å². The minimum absolute atomic E-state index is 0.173. The average molecular weight is 250 g/mol. The van der Waals surface area contributed by atoms with Gasteiger partial charge in [0.05, 0.1) is 0 Å². The van der Waals surface area contributed by atoms with Gasteiger partial charge in [-0.15, -0.1) is 0 Å². The smallest absolute Gasteiger partial charge is 0.191 e. The summed E-state index contributed by atoms with van der Waals surface area (Å²) in [4.78, 5) is 0. The molecule has 2 nitrogen and oxygen atoms in total. The molecule has 0 atom stereocenters. The standard InChI is InChI=1S/C16H26O2/c1-7-17-16(6,18-8-2)14-11-9-13(10-12-14)15(3,4)5/h9-12H,7-8H2,1-6H3. The molecule has 0 radical (unpaired) electrons. The Labute approximate surface area is 111 Å². The van der Waals surface area contributed by atoms with E-state index in [1.807, 2.05) is 20.8 Å². The monoisotopic (exact) mass is 250 g/mol. The molecule has 0 saturated carbocycles. The van der Waals surface area contributed by atoms with Gasteiger partial charge in [-0.25, -0.2) is 0 Å². The van der Waals surface area contributed by atoms with E-state index < -0.39 is 5.79 Å². The van der Waals surface area contributed by atoms with Crippen molar-refractivity contribution in [3.63, 3.8) is 0 Å². The zero-order valence-corrected chi connectivity index (χ0v) is 12.5. The molecule has 0 N–H and O–H groups in total. The van der Waals surface area contributed by atoms with Gasteiger partial charge in [0, 0.05) is 18.8 Å². The van der Waals surface area contributed by atoms with Crippen LogP contribution in [0, 0.1) is 0 Å². The van der Waals surface area contributed by atoms with E-state index in [4.69, 9.17) is 9.47 Å². The van der Waals surface area contributed by atoms with Crippen molar-refractivity contribution in [3.05, 3.63) is 35.4 Å². The largest absolute Gasteiger partial charge is 0.346 e. The second kappa shape index (κ2) is 5.85. The third kappa shape index (κ3) is 3.56. The molecule has 0 unspecified atom stereocenters. The molecule has 0 bridgehead atoms. The van der Waals surface area contributed by atoms with Crippen LogP contribution in [0.15, 0.2) is 24.3 Å². The average Bonchev–Trinajstić information content (AvgIpc) is 2.29. The van der Waals surface area contributed by atoms with Crippen molar-refractivity contribution in [3.8, 4) is 0 Å². The van der Waals surface area contributed by atoms with Crippen molar-refractivity contribution in [1.29, 1.82) is 0 Å². The van der Waals surface area contributed by atoms with Crippen molar-refractivity contribution in [1.82, 2.24) is 0 Å². The van der Waals surface area contributed by atoms with E-state index >= 15 is 0 Å². The molecule has 0 amide bonds. The van der Waals surface area contributed by atoms with E-state index in [0.717, 1.165) is 5.56 Å². The van der Waals surface area contributed by atoms with Crippen LogP contribution in [0.3, 0.4) is 0 Å². The second-order valence-electron chi connectivity index (χ2n) is 5.64. The maximum absolute atomic E-state index is 5.76. The molecule has 0 aliphatic carbocycles. The van der Waals surface area contributed by atoms with E-state index in [-0.39, 0.29) is 5.41 Å². The fourth-order valence-electron chi connectivity index (χ4n) is 2.03. The summed E-state index contributed by atoms with van der Waals surface area (Å²) in [7, 11) is 0. The molecular weight excluding hydrogens is 224 g/mol. The summed E-state index contributed by atoms with van der Waals surface area (Å²) in [5.41, 5.74) is 2.56. The molecule has 0 aliphatic rings. The maximum atomic E-state index is 5.76. The van der Waals surface area contributed by atoms with Crippen LogP contribution < -0.4 is 0 Å². The number of hydrogen-bond donors (Lipinski definition) is 0. The highest BCUT2D eigenvalue weighted by Gasteiger charge is 2.27. The van der Waals surface area contributed by atoms with Gasteiger partial charge in [-0.05, 0) is 31.7 Å². The fraction of sp³-hybridized carbons (Fsp3) is 0.625. The summed E-state index contributed by atoms with van der Waals surface area (Å²) in [5.74, 6) is -0.639. The highest BCUT2D eigenvalue weighted by molar-refractivity contribution is 5.29. The molecular formula is C16H26O2. The van der Waals surface area contributed by atoms with Crippen molar-refractivity contribution in [2.75, 3.05) is 13.2 Å². The predicted molar refractivity (Wildman–Crippen MR) is 75.7 cm³/mol. The SMILES string of the molecule is CCOC(C)(OCC)c1ccc(C(C)(C)C)cc1. The first-order valence-electron chi connectivity index (χ1n) is 6.72. The minimum atomic E-state index is -0.639. The lowest BCUT2D eigenvalue weighted by atomic mass is 9.86. The zero-order chi connectivity index (χ0) is 13.8. The van der Waals surface area contributed by atoms with Crippen LogP contribution in [-0.2, 0) is 20.7 Å². The number of hydrogen-bond acceptors (Lipinski definition) is 2. The van der Waals surface area contributed by atoms with Gasteiger partial charge in [0.25, 0.3) is 0 Å². The lowest BCUT2D eigenvalue weighted by Gasteiger charge is -2.30. The van der Waals surface area contributed by atoms with Crippen LogP contribution in [0.5, 0.6) is 0 Å². The molecule has 0 heterocycles. The molecule has 0 aromatic heterocycles. The minimum Gasteiger partial charge on any atom is -0.346 e. The summed E-state index contributed by atoms with van der Waals surface area (Å²) < 4.78 is 11.5. The predicted octanol–water partition coefficient (Wildman–Crippen LogP) is 4.23. The molecule has 0 spiro atoms. The van der Waals surface area contributed by atoms with Crippen molar-refractivity contribution in [2.45, 2.75) is 52.7 Å². The summed E-state index contributed by atoms with van der Waals surface area (Å²) in [5, 5.41) is 0. The van der Waals surface area contributed by atoms with Crippen molar-refractivity contribution >= 4 is 0 Å². The van der Waals surface area contributed by atoms with Gasteiger partial charge < -0.3 is 9.47 Å². The molecule has 0 fully saturated rings. The quantitative estimate of drug-likeness (QED) is 0.728. The van der Waals surface area contributed by atoms with E-state index in [1.54, 1.807) is 0 Å². The third-order valence-electron chi connectivity index (χ3n) is 3.11. The van der Waals surface area contributed by atoms with Gasteiger partial charge in [0.15, 0.2) is 5.79 Å². The van der Waals surface area contributed by atoms with E-state index in [2.05, 4.69) is 45.0 Å². The molecule has 0 saturated heterocycles. The Hall–Kier alpha value is -0.860. The van der Waals surface area contributed by atoms with E-state index in [9.17, 15) is 0 Å². The van der Waals surface area contributed by atoms with Gasteiger partial charge in [-0.1, -0.05) is 45.0 Å². The van der Waals surface area contributed by atoms with Gasteiger partial charge in [-0.2, -0.15) is 0 Å². The molecule has 102 valence electrons. The van der Waals surface area contributed by atoms with Crippen molar-refractivity contribution in [2.24, 2.45) is 0 Å². The molecule has 0 aliphatic heterocycles. The fourth-order valence-corrected chi connectivity index (χ4v) is 2.03. The number of benzene rings is 1. The van der Waals surface area contributed by atoms with Crippen molar-refractivity contribution < 1.29 is 9.47 Å². The van der Waals surface area contributed by atoms with Crippen LogP contribution in [0.1, 0.15) is 52.7 Å². The van der Waals surface area contributed by atoms with Crippen LogP contribution in [0.25, 0.3) is 0 Å². The normalized spacial score (nSPS) is 12.8. The highest BCUT2D eigenvalue weighted by Crippen LogP contribution is 2.29. The first-order chi connectivity index (χ1) is 8.33. The molecule has 2 heteroatoms. The third-order valence-corrected chi connectivity index (χ3v) is 3.11. The summed E-state index contributed by atoms with van der Waals surface area (Å²) in [6.45, 7) is 13.9. The van der Waals surface area contributed by atoms with Gasteiger partial charge in [0.1, 0.15) is 0 Å². The molecule has 1 aromatic rings. The Morgan fingerprint density at radius 3 is 1.50 bits per heavy atom. The zero-order valence-electron chi connectivity index (χ0n) is 12.5. The van der Waals surface area contributed by atoms with Gasteiger partial charge >= 0.3 is 0 Å². The summed E-state index contributed by atoms with van der Waals surface area (Å²) in [6, 6.07) is 8.52. The number of ether oxygens (including phenoxy) is 2. The van der Waals surface area contributed by atoms with Crippen LogP contribution in [0.2, 0.25) is 0 Å². The Balaban J connectivity index is 3.01. The first-order valence-corrected chi connectivity index (χ1v) is 6.72. The lowest BCUT2D eigenvalue weighted by Crippen LogP contribution is -2.29. The van der Waals surface area contributed by atoms with Gasteiger partial charge in [-0.3, -0.25) is 0 Å². The van der Waals surface area contributed by atoms with Crippen LogP contribution >= 0.6 is 0 Å². The summed E-state index contributed by atoms with van der Waals surface area (Å²) >= 11 is 0. The second-order valence-corrected chi connectivity index (χ2v) is 5.64. The molecule has 1 aromatic carbocycles. The first kappa shape index (κ1) is 15.2. The molecule has 18 heavy (non-hydrogen) atoms. The maximum Gasteiger partial charge on any atom is 0.191 e. The highest BCUT2D eigenvalue weighted by atomic mass is 16.7. The Bertz CT molecular complexity index is 354. The Morgan fingerprint density at radius 1 is 0.778 bits per heavy atom. The van der Waals surface area contributed by atoms with Crippen LogP contribution in [0.4, 0.5) is 0 Å². The number of rotatable bonds is 5. The Morgan fingerprint density at radius 2 is 1.17 bits per heavy atom. The summed E-state index contributed by atoms with van der Waals surface area (Å²) in [6.07, 6.45) is 0. The van der Waals surface area contributed by atoms with E-state index in [1.165, 1.54) is 5.56 Å².